The Morgan fingerprint density at radius 1 is 0.865 bits per heavy atom. The lowest BCUT2D eigenvalue weighted by Crippen LogP contribution is -2.47. The third-order valence-electron chi connectivity index (χ3n) is 7.81. The molecule has 2 aromatic carbocycles. The van der Waals surface area contributed by atoms with Crippen LogP contribution in [0.15, 0.2) is 60.2 Å². The molecule has 8 heteroatoms. The van der Waals surface area contributed by atoms with Crippen LogP contribution in [-0.4, -0.2) is 83.0 Å². The molecular weight excluding hydrogens is 491 g/mol. The predicted molar refractivity (Wildman–Crippen MR) is 147 cm³/mol. The summed E-state index contributed by atoms with van der Waals surface area (Å²) in [7, 11) is 0. The fraction of sp³-hybridized carbons (Fsp3) is 0.483. The van der Waals surface area contributed by atoms with Crippen LogP contribution in [0.1, 0.15) is 49.7 Å². The lowest BCUT2D eigenvalue weighted by Gasteiger charge is -2.34. The number of β-amino-alcohol motifs (C(OH)–C–C–N with tert-alkyl or cyclic N) is 1. The van der Waals surface area contributed by atoms with Gasteiger partial charge >= 0.3 is 6.03 Å². The molecule has 1 N–H and O–H groups in total. The maximum Gasteiger partial charge on any atom is 0.335 e. The van der Waals surface area contributed by atoms with Crippen LogP contribution < -0.4 is 0 Å². The van der Waals surface area contributed by atoms with Crippen LogP contribution in [0, 0.1) is 5.82 Å². The number of piperidine rings is 1. The van der Waals surface area contributed by atoms with Crippen molar-refractivity contribution in [2.45, 2.75) is 44.7 Å². The number of halogens is 2. The van der Waals surface area contributed by atoms with Crippen molar-refractivity contribution in [1.29, 1.82) is 0 Å². The van der Waals surface area contributed by atoms with E-state index in [1.54, 1.807) is 0 Å². The van der Waals surface area contributed by atoms with E-state index >= 15 is 0 Å². The van der Waals surface area contributed by atoms with Gasteiger partial charge in [-0.3, -0.25) is 5.01 Å². The second-order valence-electron chi connectivity index (χ2n) is 10.0. The molecule has 37 heavy (non-hydrogen) atoms. The Morgan fingerprint density at radius 2 is 1.57 bits per heavy atom. The summed E-state index contributed by atoms with van der Waals surface area (Å²) in [5, 5.41) is 13.6. The number of aliphatic hydroxyl groups is 1. The lowest BCUT2D eigenvalue weighted by atomic mass is 9.88. The minimum absolute atomic E-state index is 0. The van der Waals surface area contributed by atoms with Crippen LogP contribution in [0.5, 0.6) is 0 Å². The molecule has 1 atom stereocenters. The van der Waals surface area contributed by atoms with E-state index in [1.165, 1.54) is 35.3 Å². The highest BCUT2D eigenvalue weighted by molar-refractivity contribution is 5.85. The molecule has 200 valence electrons. The number of carbonyl (C=O) groups is 1. The summed E-state index contributed by atoms with van der Waals surface area (Å²) in [6.45, 7) is 4.69. The van der Waals surface area contributed by atoms with Gasteiger partial charge < -0.3 is 14.9 Å². The van der Waals surface area contributed by atoms with E-state index in [4.69, 9.17) is 0 Å². The van der Waals surface area contributed by atoms with E-state index in [-0.39, 0.29) is 37.0 Å². The van der Waals surface area contributed by atoms with Crippen molar-refractivity contribution < 1.29 is 14.3 Å². The Balaban J connectivity index is 0.00000320. The van der Waals surface area contributed by atoms with Gasteiger partial charge in [-0.15, -0.1) is 12.4 Å². The summed E-state index contributed by atoms with van der Waals surface area (Å²) in [4.78, 5) is 17.6. The molecule has 1 unspecified atom stereocenters. The molecule has 3 saturated heterocycles. The van der Waals surface area contributed by atoms with E-state index in [1.807, 2.05) is 28.1 Å². The van der Waals surface area contributed by atoms with Crippen LogP contribution in [0.3, 0.4) is 0 Å². The van der Waals surface area contributed by atoms with E-state index in [0.717, 1.165) is 63.8 Å². The third kappa shape index (κ3) is 6.17. The largest absolute Gasteiger partial charge is 0.395 e. The van der Waals surface area contributed by atoms with Crippen molar-refractivity contribution in [2.75, 3.05) is 45.9 Å². The molecule has 5 rings (SSSR count). The van der Waals surface area contributed by atoms with Gasteiger partial charge in [-0.05, 0) is 60.9 Å². The normalized spacial score (nSPS) is 21.0. The summed E-state index contributed by atoms with van der Waals surface area (Å²) in [6.07, 6.45) is 6.32. The van der Waals surface area contributed by atoms with Crippen molar-refractivity contribution in [3.8, 4) is 0 Å². The number of nitrogens with zero attached hydrogens (tertiary/aromatic N) is 4. The second-order valence-corrected chi connectivity index (χ2v) is 10.0. The van der Waals surface area contributed by atoms with Gasteiger partial charge in [0.15, 0.2) is 0 Å². The number of hydrazine groups is 1. The van der Waals surface area contributed by atoms with Crippen LogP contribution in [0.2, 0.25) is 0 Å². The first-order chi connectivity index (χ1) is 17.7. The molecule has 3 heterocycles. The molecule has 0 saturated carbocycles. The third-order valence-corrected chi connectivity index (χ3v) is 7.81. The first kappa shape index (κ1) is 27.6. The number of urea groups is 1. The second kappa shape index (κ2) is 12.9. The van der Waals surface area contributed by atoms with E-state index < -0.39 is 0 Å². The van der Waals surface area contributed by atoms with Crippen molar-refractivity contribution in [3.05, 3.63) is 77.1 Å². The summed E-state index contributed by atoms with van der Waals surface area (Å²) >= 11 is 0. The average Bonchev–Trinajstić information content (AvgIpc) is 3.05. The number of fused-ring (bicyclic) bond motifs is 1. The SMILES string of the molecule is Cl.O=C1N2CCCCCC2N(CCO)N1CCN1CCC(=C(c2ccccc2)c2ccc(F)cc2)CC1. The first-order valence-corrected chi connectivity index (χ1v) is 13.4. The van der Waals surface area contributed by atoms with Crippen molar-refractivity contribution in [1.82, 2.24) is 19.8 Å². The zero-order valence-corrected chi connectivity index (χ0v) is 22.2. The van der Waals surface area contributed by atoms with Gasteiger partial charge in [0.1, 0.15) is 12.0 Å². The Bertz CT molecular complexity index is 1060. The van der Waals surface area contributed by atoms with Crippen LogP contribution in [0.25, 0.3) is 5.57 Å². The molecule has 3 fully saturated rings. The zero-order valence-electron chi connectivity index (χ0n) is 21.4. The number of aliphatic hydroxyl groups excluding tert-OH is 1. The summed E-state index contributed by atoms with van der Waals surface area (Å²) < 4.78 is 13.6. The number of hydrogen-bond acceptors (Lipinski definition) is 4. The van der Waals surface area contributed by atoms with Crippen LogP contribution in [0.4, 0.5) is 9.18 Å². The topological polar surface area (TPSA) is 50.3 Å². The standard InChI is InChI=1S/C29H37FN4O2.ClH/c30-26-12-10-24(11-13-26)28(23-7-3-1-4-8-23)25-14-17-31(18-15-25)19-20-34-29(36)32-16-6-2-5-9-27(32)33(34)21-22-35;/h1,3-4,7-8,10-13,27,35H,2,5-6,9,14-22H2;1H. The molecule has 2 aromatic rings. The molecule has 3 aliphatic rings. The lowest BCUT2D eigenvalue weighted by molar-refractivity contribution is -0.0148. The van der Waals surface area contributed by atoms with Crippen molar-refractivity contribution in [2.24, 2.45) is 0 Å². The quantitative estimate of drug-likeness (QED) is 0.550. The Labute approximate surface area is 225 Å². The van der Waals surface area contributed by atoms with Gasteiger partial charge in [0, 0.05) is 32.7 Å². The number of amides is 2. The first-order valence-electron chi connectivity index (χ1n) is 13.4. The molecule has 0 aliphatic carbocycles. The Hall–Kier alpha value is -2.45. The maximum atomic E-state index is 13.6. The fourth-order valence-corrected chi connectivity index (χ4v) is 5.97. The van der Waals surface area contributed by atoms with Gasteiger partial charge in [0.2, 0.25) is 0 Å². The highest BCUT2D eigenvalue weighted by Gasteiger charge is 2.43. The van der Waals surface area contributed by atoms with Crippen molar-refractivity contribution >= 4 is 24.0 Å². The summed E-state index contributed by atoms with van der Waals surface area (Å²) in [6, 6.07) is 17.3. The van der Waals surface area contributed by atoms with Gasteiger partial charge in [-0.25, -0.2) is 9.18 Å². The highest BCUT2D eigenvalue weighted by Crippen LogP contribution is 2.33. The van der Waals surface area contributed by atoms with Crippen LogP contribution in [-0.2, 0) is 0 Å². The number of carbonyl (C=O) groups excluding carboxylic acids is 1. The van der Waals surface area contributed by atoms with E-state index in [2.05, 4.69) is 34.2 Å². The predicted octanol–water partition coefficient (Wildman–Crippen LogP) is 4.99. The highest BCUT2D eigenvalue weighted by atomic mass is 35.5. The molecular formula is C29H38ClFN4O2. The maximum absolute atomic E-state index is 13.6. The van der Waals surface area contributed by atoms with Gasteiger partial charge in [-0.2, -0.15) is 5.01 Å². The fourth-order valence-electron chi connectivity index (χ4n) is 5.97. The number of hydrogen-bond donors (Lipinski definition) is 1. The van der Waals surface area contributed by atoms with Gasteiger partial charge in [0.25, 0.3) is 0 Å². The summed E-state index contributed by atoms with van der Waals surface area (Å²) in [5.41, 5.74) is 4.84. The molecule has 2 amide bonds. The molecule has 3 aliphatic heterocycles. The number of benzene rings is 2. The molecule has 0 radical (unpaired) electrons. The molecule has 0 bridgehead atoms. The number of likely N-dealkylation sites (tertiary alicyclic amines) is 1. The van der Waals surface area contributed by atoms with Crippen LogP contribution >= 0.6 is 12.4 Å². The Kier molecular flexibility index (Phi) is 9.60. The van der Waals surface area contributed by atoms with Gasteiger partial charge in [-0.1, -0.05) is 54.5 Å². The number of rotatable bonds is 7. The Morgan fingerprint density at radius 3 is 2.27 bits per heavy atom. The smallest absolute Gasteiger partial charge is 0.335 e. The van der Waals surface area contributed by atoms with E-state index in [9.17, 15) is 14.3 Å². The minimum atomic E-state index is -0.218. The monoisotopic (exact) mass is 528 g/mol. The minimum Gasteiger partial charge on any atom is -0.395 e. The van der Waals surface area contributed by atoms with Crippen molar-refractivity contribution in [3.63, 3.8) is 0 Å². The zero-order chi connectivity index (χ0) is 24.9. The summed E-state index contributed by atoms with van der Waals surface area (Å²) in [5.74, 6) is -0.218. The van der Waals surface area contributed by atoms with E-state index in [0.29, 0.717) is 13.1 Å². The molecule has 0 aromatic heterocycles. The van der Waals surface area contributed by atoms with Gasteiger partial charge in [0.05, 0.1) is 13.2 Å². The molecule has 6 nitrogen and oxygen atoms in total. The average molecular weight is 529 g/mol. The molecule has 0 spiro atoms.